The molecule has 5 rings (SSSR count). The van der Waals surface area contributed by atoms with Crippen LogP contribution in [0, 0.1) is 0 Å². The minimum absolute atomic E-state index is 0.259. The number of pyridine rings is 3. The molecule has 5 aromatic rings. The second-order valence-electron chi connectivity index (χ2n) is 8.40. The van der Waals surface area contributed by atoms with Crippen LogP contribution in [0.25, 0.3) is 21.7 Å². The molecule has 0 aliphatic rings. The van der Waals surface area contributed by atoms with Crippen LogP contribution in [-0.2, 0) is 19.1 Å². The van der Waals surface area contributed by atoms with E-state index in [2.05, 4.69) is 20.3 Å². The van der Waals surface area contributed by atoms with Crippen LogP contribution in [0.3, 0.4) is 0 Å². The summed E-state index contributed by atoms with van der Waals surface area (Å²) in [7, 11) is 0. The van der Waals surface area contributed by atoms with Crippen molar-refractivity contribution in [1.82, 2.24) is 20.3 Å². The summed E-state index contributed by atoms with van der Waals surface area (Å²) in [5.41, 5.74) is 8.31. The minimum atomic E-state index is -4.46. The third kappa shape index (κ3) is 4.95. The summed E-state index contributed by atoms with van der Waals surface area (Å²) in [6.45, 7) is 0.327. The van der Waals surface area contributed by atoms with Gasteiger partial charge in [0.05, 0.1) is 11.1 Å². The molecule has 0 radical (unpaired) electrons. The average Bonchev–Trinajstić information content (AvgIpc) is 2.86. The van der Waals surface area contributed by atoms with E-state index in [1.807, 2.05) is 24.3 Å². The molecule has 3 N–H and O–H groups in total. The molecule has 6 nitrogen and oxygen atoms in total. The smallest absolute Gasteiger partial charge is 0.383 e. The van der Waals surface area contributed by atoms with Gasteiger partial charge in [-0.05, 0) is 59.0 Å². The van der Waals surface area contributed by atoms with Gasteiger partial charge in [0.25, 0.3) is 5.91 Å². The van der Waals surface area contributed by atoms with Gasteiger partial charge in [0, 0.05) is 53.6 Å². The van der Waals surface area contributed by atoms with Gasteiger partial charge in [0.2, 0.25) is 0 Å². The predicted octanol–water partition coefficient (Wildman–Crippen LogP) is 5.30. The molecule has 3 aromatic heterocycles. The van der Waals surface area contributed by atoms with Crippen molar-refractivity contribution in [3.63, 3.8) is 0 Å². The number of nitrogens with one attached hydrogen (secondary N) is 1. The van der Waals surface area contributed by atoms with E-state index in [0.717, 1.165) is 34.2 Å². The number of rotatable bonds is 5. The van der Waals surface area contributed by atoms with Crippen LogP contribution in [0.4, 0.5) is 19.0 Å². The zero-order chi connectivity index (χ0) is 25.3. The molecule has 1 amide bonds. The molecule has 0 spiro atoms. The standard InChI is InChI=1S/C27H20F3N5O/c28-27(29,30)21-12-20-9-16(2-4-24(20)34-15-21)11-22-13-19(6-7-32-22)26(36)35-14-17-1-3-23-18(10-17)5-8-33-25(23)31/h1-10,12-13,15H,11,14H2,(H2,31,33)(H,35,36). The first kappa shape index (κ1) is 23.2. The molecule has 0 aliphatic heterocycles. The lowest BCUT2D eigenvalue weighted by molar-refractivity contribution is -0.137. The molecule has 0 unspecified atom stereocenters. The largest absolute Gasteiger partial charge is 0.417 e. The van der Waals surface area contributed by atoms with Gasteiger partial charge in [-0.15, -0.1) is 0 Å². The van der Waals surface area contributed by atoms with Gasteiger partial charge in [-0.2, -0.15) is 13.2 Å². The lowest BCUT2D eigenvalue weighted by Gasteiger charge is -2.09. The highest BCUT2D eigenvalue weighted by atomic mass is 19.4. The zero-order valence-electron chi connectivity index (χ0n) is 18.9. The summed E-state index contributed by atoms with van der Waals surface area (Å²) in [5.74, 6) is 0.196. The Hall–Kier alpha value is -4.53. The monoisotopic (exact) mass is 487 g/mol. The maximum absolute atomic E-state index is 13.0. The van der Waals surface area contributed by atoms with Gasteiger partial charge in [-0.25, -0.2) is 4.98 Å². The zero-order valence-corrected chi connectivity index (χ0v) is 18.9. The van der Waals surface area contributed by atoms with Crippen LogP contribution in [-0.4, -0.2) is 20.9 Å². The summed E-state index contributed by atoms with van der Waals surface area (Å²) < 4.78 is 39.1. The van der Waals surface area contributed by atoms with Gasteiger partial charge >= 0.3 is 6.18 Å². The van der Waals surface area contributed by atoms with Crippen LogP contribution >= 0.6 is 0 Å². The van der Waals surface area contributed by atoms with E-state index in [1.54, 1.807) is 42.7 Å². The Morgan fingerprint density at radius 3 is 2.47 bits per heavy atom. The highest BCUT2D eigenvalue weighted by molar-refractivity contribution is 5.94. The van der Waals surface area contributed by atoms with Crippen LogP contribution in [0.5, 0.6) is 0 Å². The normalized spacial score (nSPS) is 11.6. The van der Waals surface area contributed by atoms with Crippen molar-refractivity contribution in [3.8, 4) is 0 Å². The second kappa shape index (κ2) is 9.26. The average molecular weight is 487 g/mol. The number of carbonyl (C=O) groups is 1. The van der Waals surface area contributed by atoms with Crippen molar-refractivity contribution >= 4 is 33.4 Å². The SMILES string of the molecule is Nc1nccc2cc(CNC(=O)c3ccnc(Cc4ccc5ncc(C(F)(F)F)cc5c4)c3)ccc12. The van der Waals surface area contributed by atoms with Gasteiger partial charge in [-0.1, -0.05) is 18.2 Å². The van der Waals surface area contributed by atoms with E-state index < -0.39 is 11.7 Å². The molecule has 0 fully saturated rings. The van der Waals surface area contributed by atoms with Gasteiger partial charge < -0.3 is 11.1 Å². The van der Waals surface area contributed by atoms with E-state index in [4.69, 9.17) is 5.73 Å². The lowest BCUT2D eigenvalue weighted by Crippen LogP contribution is -2.23. The number of amides is 1. The summed E-state index contributed by atoms with van der Waals surface area (Å²) >= 11 is 0. The Labute approximate surface area is 204 Å². The third-order valence-electron chi connectivity index (χ3n) is 5.85. The number of anilines is 1. The van der Waals surface area contributed by atoms with Crippen LogP contribution < -0.4 is 11.1 Å². The fraction of sp³-hybridized carbons (Fsp3) is 0.111. The number of carbonyl (C=O) groups excluding carboxylic acids is 1. The fourth-order valence-electron chi connectivity index (χ4n) is 4.02. The van der Waals surface area contributed by atoms with E-state index in [9.17, 15) is 18.0 Å². The molecular formula is C27H20F3N5O. The molecule has 0 saturated heterocycles. The van der Waals surface area contributed by atoms with Gasteiger partial charge in [0.1, 0.15) is 5.82 Å². The number of nitrogens with two attached hydrogens (primary N) is 1. The van der Waals surface area contributed by atoms with Crippen molar-refractivity contribution < 1.29 is 18.0 Å². The number of nitrogen functional groups attached to an aromatic ring is 1. The van der Waals surface area contributed by atoms with E-state index in [-0.39, 0.29) is 5.91 Å². The summed E-state index contributed by atoms with van der Waals surface area (Å²) in [6.07, 6.45) is -0.0955. The summed E-state index contributed by atoms with van der Waals surface area (Å²) in [6, 6.07) is 17.1. The topological polar surface area (TPSA) is 93.8 Å². The molecule has 9 heteroatoms. The van der Waals surface area contributed by atoms with Crippen molar-refractivity contribution in [2.45, 2.75) is 19.1 Å². The van der Waals surface area contributed by atoms with Crippen molar-refractivity contribution in [2.75, 3.05) is 5.73 Å². The number of hydrogen-bond acceptors (Lipinski definition) is 5. The van der Waals surface area contributed by atoms with Gasteiger partial charge in [0.15, 0.2) is 0 Å². The second-order valence-corrected chi connectivity index (χ2v) is 8.40. The van der Waals surface area contributed by atoms with E-state index in [0.29, 0.717) is 40.9 Å². The minimum Gasteiger partial charge on any atom is -0.383 e. The van der Waals surface area contributed by atoms with Crippen molar-refractivity contribution in [1.29, 1.82) is 0 Å². The van der Waals surface area contributed by atoms with E-state index in [1.165, 1.54) is 0 Å². The Bertz CT molecular complexity index is 1600. The van der Waals surface area contributed by atoms with Crippen LogP contribution in [0.1, 0.15) is 32.7 Å². The van der Waals surface area contributed by atoms with Crippen LogP contribution in [0.15, 0.2) is 79.3 Å². The molecule has 0 aliphatic carbocycles. The van der Waals surface area contributed by atoms with Crippen molar-refractivity contribution in [3.05, 3.63) is 107 Å². The third-order valence-corrected chi connectivity index (χ3v) is 5.85. The first-order valence-electron chi connectivity index (χ1n) is 11.1. The molecular weight excluding hydrogens is 467 g/mol. The number of aromatic nitrogens is 3. The number of benzene rings is 2. The summed E-state index contributed by atoms with van der Waals surface area (Å²) in [5, 5.41) is 5.09. The Balaban J connectivity index is 1.29. The number of halogens is 3. The number of hydrogen-bond donors (Lipinski definition) is 2. The Kier molecular flexibility index (Phi) is 5.97. The highest BCUT2D eigenvalue weighted by Gasteiger charge is 2.31. The maximum atomic E-state index is 13.0. The first-order valence-corrected chi connectivity index (χ1v) is 11.1. The molecule has 3 heterocycles. The maximum Gasteiger partial charge on any atom is 0.417 e. The molecule has 0 saturated carbocycles. The molecule has 2 aromatic carbocycles. The molecule has 36 heavy (non-hydrogen) atoms. The number of fused-ring (bicyclic) bond motifs is 2. The Morgan fingerprint density at radius 1 is 0.861 bits per heavy atom. The summed E-state index contributed by atoms with van der Waals surface area (Å²) in [4.78, 5) is 25.1. The number of nitrogens with zero attached hydrogens (tertiary/aromatic N) is 3. The Morgan fingerprint density at radius 2 is 1.64 bits per heavy atom. The quantitative estimate of drug-likeness (QED) is 0.351. The molecule has 0 bridgehead atoms. The fourth-order valence-corrected chi connectivity index (χ4v) is 4.02. The van der Waals surface area contributed by atoms with Gasteiger partial charge in [-0.3, -0.25) is 14.8 Å². The predicted molar refractivity (Wildman–Crippen MR) is 131 cm³/mol. The lowest BCUT2D eigenvalue weighted by atomic mass is 10.0. The number of alkyl halides is 3. The first-order chi connectivity index (χ1) is 17.3. The molecule has 0 atom stereocenters. The highest BCUT2D eigenvalue weighted by Crippen LogP contribution is 2.30. The molecule has 180 valence electrons. The van der Waals surface area contributed by atoms with Crippen LogP contribution in [0.2, 0.25) is 0 Å². The van der Waals surface area contributed by atoms with Crippen molar-refractivity contribution in [2.24, 2.45) is 0 Å². The van der Waals surface area contributed by atoms with E-state index >= 15 is 0 Å².